The lowest BCUT2D eigenvalue weighted by Gasteiger charge is -2.17. The minimum absolute atomic E-state index is 0.0660. The molecule has 1 aromatic carbocycles. The Bertz CT molecular complexity index is 543. The van der Waals surface area contributed by atoms with Gasteiger partial charge in [0.05, 0.1) is 29.7 Å². The van der Waals surface area contributed by atoms with Crippen LogP contribution in [0.25, 0.3) is 0 Å². The van der Waals surface area contributed by atoms with Crippen LogP contribution in [0.15, 0.2) is 24.3 Å². The van der Waals surface area contributed by atoms with E-state index in [1.165, 1.54) is 4.90 Å². The van der Waals surface area contributed by atoms with Gasteiger partial charge in [-0.15, -0.1) is 0 Å². The summed E-state index contributed by atoms with van der Waals surface area (Å²) in [5.41, 5.74) is 0.605. The normalized spacial score (nSPS) is 36.2. The fourth-order valence-corrected chi connectivity index (χ4v) is 3.68. The number of rotatable bonds is 1. The summed E-state index contributed by atoms with van der Waals surface area (Å²) in [5.74, 6) is -0.794. The lowest BCUT2D eigenvalue weighted by molar-refractivity contribution is -0.124. The Morgan fingerprint density at radius 2 is 1.53 bits per heavy atom. The molecule has 0 spiro atoms. The molecule has 0 radical (unpaired) electrons. The van der Waals surface area contributed by atoms with E-state index < -0.39 is 0 Å². The van der Waals surface area contributed by atoms with Gasteiger partial charge in [0.2, 0.25) is 11.8 Å². The highest BCUT2D eigenvalue weighted by Crippen LogP contribution is 2.49. The van der Waals surface area contributed by atoms with Crippen molar-refractivity contribution in [2.24, 2.45) is 11.8 Å². The first-order chi connectivity index (χ1) is 9.16. The Morgan fingerprint density at radius 1 is 1.00 bits per heavy atom. The second-order valence-corrected chi connectivity index (χ2v) is 5.77. The number of ether oxygens (including phenoxy) is 1. The third-order valence-corrected chi connectivity index (χ3v) is 4.62. The van der Waals surface area contributed by atoms with Crippen LogP contribution in [0.2, 0.25) is 5.02 Å². The summed E-state index contributed by atoms with van der Waals surface area (Å²) >= 11 is 5.83. The Balaban J connectivity index is 1.73. The first kappa shape index (κ1) is 11.4. The Labute approximate surface area is 115 Å². The van der Waals surface area contributed by atoms with Crippen molar-refractivity contribution >= 4 is 29.1 Å². The number of amides is 2. The molecule has 2 amide bonds. The number of hydrogen-bond donors (Lipinski definition) is 0. The molecule has 3 fully saturated rings. The Hall–Kier alpha value is -1.39. The molecule has 3 aliphatic heterocycles. The average molecular weight is 278 g/mol. The molecule has 2 bridgehead atoms. The first-order valence-electron chi connectivity index (χ1n) is 6.45. The van der Waals surface area contributed by atoms with Crippen LogP contribution in [0, 0.1) is 11.8 Å². The maximum absolute atomic E-state index is 12.5. The maximum Gasteiger partial charge on any atom is 0.240 e. The Kier molecular flexibility index (Phi) is 2.29. The molecular weight excluding hydrogens is 266 g/mol. The fourth-order valence-electron chi connectivity index (χ4n) is 3.56. The smallest absolute Gasteiger partial charge is 0.240 e. The van der Waals surface area contributed by atoms with Crippen LogP contribution in [-0.2, 0) is 14.3 Å². The van der Waals surface area contributed by atoms with Gasteiger partial charge in [-0.1, -0.05) is 11.6 Å². The van der Waals surface area contributed by atoms with Gasteiger partial charge < -0.3 is 4.74 Å². The van der Waals surface area contributed by atoms with Crippen LogP contribution in [0.1, 0.15) is 12.8 Å². The second-order valence-electron chi connectivity index (χ2n) is 5.33. The molecule has 19 heavy (non-hydrogen) atoms. The highest BCUT2D eigenvalue weighted by molar-refractivity contribution is 6.30. The minimum Gasteiger partial charge on any atom is -0.373 e. The summed E-state index contributed by atoms with van der Waals surface area (Å²) in [7, 11) is 0. The topological polar surface area (TPSA) is 46.6 Å². The molecule has 3 aliphatic rings. The number of benzene rings is 1. The zero-order valence-electron chi connectivity index (χ0n) is 10.1. The standard InChI is InChI=1S/C14H12ClNO3/c15-7-1-3-8(4-2-7)16-13(17)11-9-5-6-10(19-9)12(11)14(16)18/h1-4,9-12H,5-6H2/t9-,10+,11-,12+. The van der Waals surface area contributed by atoms with E-state index in [2.05, 4.69) is 0 Å². The molecule has 98 valence electrons. The van der Waals surface area contributed by atoms with Gasteiger partial charge in [-0.2, -0.15) is 0 Å². The van der Waals surface area contributed by atoms with Crippen LogP contribution in [0.5, 0.6) is 0 Å². The van der Waals surface area contributed by atoms with Crippen LogP contribution in [0.3, 0.4) is 0 Å². The van der Waals surface area contributed by atoms with Gasteiger partial charge in [0.1, 0.15) is 0 Å². The van der Waals surface area contributed by atoms with Crippen molar-refractivity contribution in [1.29, 1.82) is 0 Å². The second kappa shape index (κ2) is 3.81. The van der Waals surface area contributed by atoms with Crippen LogP contribution < -0.4 is 4.90 Å². The van der Waals surface area contributed by atoms with Gasteiger partial charge in [-0.25, -0.2) is 4.90 Å². The van der Waals surface area contributed by atoms with Crippen molar-refractivity contribution in [3.05, 3.63) is 29.3 Å². The molecule has 0 saturated carbocycles. The van der Waals surface area contributed by atoms with Crippen molar-refractivity contribution in [2.45, 2.75) is 25.0 Å². The van der Waals surface area contributed by atoms with E-state index in [1.807, 2.05) is 0 Å². The SMILES string of the molecule is O=C1[C@@H]2[C@H](C(=O)N1c1ccc(Cl)cc1)[C@H]1CC[C@@H]2O1. The van der Waals surface area contributed by atoms with E-state index in [9.17, 15) is 9.59 Å². The van der Waals surface area contributed by atoms with Gasteiger partial charge in [-0.05, 0) is 37.1 Å². The molecule has 3 heterocycles. The van der Waals surface area contributed by atoms with E-state index in [0.717, 1.165) is 12.8 Å². The average Bonchev–Trinajstić information content (AvgIpc) is 3.06. The molecule has 4 rings (SSSR count). The van der Waals surface area contributed by atoms with Gasteiger partial charge in [0.25, 0.3) is 0 Å². The molecule has 4 nitrogen and oxygen atoms in total. The largest absolute Gasteiger partial charge is 0.373 e. The number of halogens is 1. The summed E-state index contributed by atoms with van der Waals surface area (Å²) in [6.45, 7) is 0. The minimum atomic E-state index is -0.276. The molecule has 0 N–H and O–H groups in total. The van der Waals surface area contributed by atoms with Crippen molar-refractivity contribution in [3.63, 3.8) is 0 Å². The quantitative estimate of drug-likeness (QED) is 0.738. The van der Waals surface area contributed by atoms with Gasteiger partial charge in [0, 0.05) is 5.02 Å². The Morgan fingerprint density at radius 3 is 2.05 bits per heavy atom. The number of hydrogen-bond acceptors (Lipinski definition) is 3. The predicted octanol–water partition coefficient (Wildman–Crippen LogP) is 2.01. The maximum atomic E-state index is 12.5. The van der Waals surface area contributed by atoms with Crippen molar-refractivity contribution in [2.75, 3.05) is 4.90 Å². The highest BCUT2D eigenvalue weighted by atomic mass is 35.5. The number of carbonyl (C=O) groups excluding carboxylic acids is 2. The third kappa shape index (κ3) is 1.44. The van der Waals surface area contributed by atoms with Gasteiger partial charge in [-0.3, -0.25) is 9.59 Å². The molecule has 1 aromatic rings. The zero-order valence-corrected chi connectivity index (χ0v) is 10.8. The number of anilines is 1. The molecule has 3 saturated heterocycles. The highest BCUT2D eigenvalue weighted by Gasteiger charge is 2.62. The lowest BCUT2D eigenvalue weighted by atomic mass is 9.81. The van der Waals surface area contributed by atoms with Crippen molar-refractivity contribution in [1.82, 2.24) is 0 Å². The van der Waals surface area contributed by atoms with Crippen LogP contribution in [0.4, 0.5) is 5.69 Å². The summed E-state index contributed by atoms with van der Waals surface area (Å²) in [6.07, 6.45) is 1.64. The molecule has 0 aliphatic carbocycles. The predicted molar refractivity (Wildman–Crippen MR) is 68.8 cm³/mol. The van der Waals surface area contributed by atoms with Crippen LogP contribution in [-0.4, -0.2) is 24.0 Å². The number of imide groups is 1. The number of carbonyl (C=O) groups is 2. The lowest BCUT2D eigenvalue weighted by Crippen LogP contribution is -2.34. The monoisotopic (exact) mass is 277 g/mol. The zero-order chi connectivity index (χ0) is 13.1. The first-order valence-corrected chi connectivity index (χ1v) is 6.83. The van der Waals surface area contributed by atoms with Crippen molar-refractivity contribution in [3.8, 4) is 0 Å². The fraction of sp³-hybridized carbons (Fsp3) is 0.429. The van der Waals surface area contributed by atoms with E-state index in [4.69, 9.17) is 16.3 Å². The number of fused-ring (bicyclic) bond motifs is 5. The van der Waals surface area contributed by atoms with Gasteiger partial charge >= 0.3 is 0 Å². The summed E-state index contributed by atoms with van der Waals surface area (Å²) < 4.78 is 5.69. The van der Waals surface area contributed by atoms with E-state index in [0.29, 0.717) is 10.7 Å². The summed E-state index contributed by atoms with van der Waals surface area (Å²) in [6, 6.07) is 6.80. The molecule has 4 atom stereocenters. The molecule has 5 heteroatoms. The molecular formula is C14H12ClNO3. The summed E-state index contributed by atoms with van der Waals surface area (Å²) in [5, 5.41) is 0.589. The molecule has 0 aromatic heterocycles. The van der Waals surface area contributed by atoms with E-state index >= 15 is 0 Å². The molecule has 0 unspecified atom stereocenters. The third-order valence-electron chi connectivity index (χ3n) is 4.37. The van der Waals surface area contributed by atoms with Crippen molar-refractivity contribution < 1.29 is 14.3 Å². The summed E-state index contributed by atoms with van der Waals surface area (Å²) in [4.78, 5) is 26.2. The van der Waals surface area contributed by atoms with E-state index in [1.54, 1.807) is 24.3 Å². The number of nitrogens with zero attached hydrogens (tertiary/aromatic N) is 1. The van der Waals surface area contributed by atoms with Crippen LogP contribution >= 0.6 is 11.6 Å². The van der Waals surface area contributed by atoms with E-state index in [-0.39, 0.29) is 35.9 Å². The van der Waals surface area contributed by atoms with Gasteiger partial charge in [0.15, 0.2) is 0 Å².